The summed E-state index contributed by atoms with van der Waals surface area (Å²) in [4.78, 5) is 33.9. The molecule has 0 aromatic heterocycles. The monoisotopic (exact) mass is 279 g/mol. The first-order valence-corrected chi connectivity index (χ1v) is 6.06. The molecule has 0 bridgehead atoms. The molecule has 0 aliphatic heterocycles. The highest BCUT2D eigenvalue weighted by atomic mass is 16.6. The summed E-state index contributed by atoms with van der Waals surface area (Å²) >= 11 is 0. The second-order valence-corrected chi connectivity index (χ2v) is 4.95. The number of nitro groups is 1. The Morgan fingerprint density at radius 1 is 1.35 bits per heavy atom. The minimum Gasteiger partial charge on any atom is -0.368 e. The summed E-state index contributed by atoms with van der Waals surface area (Å²) in [5.41, 5.74) is 3.61. The Morgan fingerprint density at radius 3 is 2.35 bits per heavy atom. The predicted molar refractivity (Wildman–Crippen MR) is 73.0 cm³/mol. The molecule has 0 aliphatic rings. The Bertz CT molecular complexity index is 556. The Morgan fingerprint density at radius 2 is 1.90 bits per heavy atom. The number of nitrogens with two attached hydrogens (primary N) is 1. The molecule has 20 heavy (non-hydrogen) atoms. The predicted octanol–water partition coefficient (Wildman–Crippen LogP) is 1.22. The summed E-state index contributed by atoms with van der Waals surface area (Å²) in [7, 11) is 0. The van der Waals surface area contributed by atoms with Crippen molar-refractivity contribution in [2.45, 2.75) is 26.3 Å². The number of primary amides is 1. The zero-order valence-corrected chi connectivity index (χ0v) is 11.5. The molecule has 108 valence electrons. The van der Waals surface area contributed by atoms with E-state index in [1.807, 2.05) is 0 Å². The van der Waals surface area contributed by atoms with Crippen LogP contribution in [-0.4, -0.2) is 22.3 Å². The number of nitro benzene ring substituents is 1. The van der Waals surface area contributed by atoms with Gasteiger partial charge in [-0.2, -0.15) is 0 Å². The van der Waals surface area contributed by atoms with E-state index in [9.17, 15) is 19.7 Å². The number of carbonyl (C=O) groups excluding carboxylic acids is 2. The minimum absolute atomic E-state index is 0.106. The van der Waals surface area contributed by atoms with Crippen LogP contribution in [0.15, 0.2) is 24.3 Å². The van der Waals surface area contributed by atoms with E-state index in [0.717, 1.165) is 0 Å². The third kappa shape index (κ3) is 2.93. The van der Waals surface area contributed by atoms with Crippen molar-refractivity contribution in [3.8, 4) is 0 Å². The number of hydrogen-bond donors (Lipinski definition) is 2. The van der Waals surface area contributed by atoms with Gasteiger partial charge in [0.25, 0.3) is 11.6 Å². The third-order valence-corrected chi connectivity index (χ3v) is 3.39. The fraction of sp³-hybridized carbons (Fsp3) is 0.385. The Labute approximate surface area is 116 Å². The van der Waals surface area contributed by atoms with Crippen molar-refractivity contribution < 1.29 is 14.5 Å². The number of nitrogens with one attached hydrogen (secondary N) is 1. The summed E-state index contributed by atoms with van der Waals surface area (Å²) < 4.78 is 0. The van der Waals surface area contributed by atoms with Crippen molar-refractivity contribution in [2.75, 3.05) is 0 Å². The van der Waals surface area contributed by atoms with Crippen molar-refractivity contribution >= 4 is 17.5 Å². The molecule has 0 radical (unpaired) electrons. The smallest absolute Gasteiger partial charge is 0.282 e. The fourth-order valence-electron chi connectivity index (χ4n) is 1.62. The molecule has 3 N–H and O–H groups in total. The SMILES string of the molecule is CC(C)[C@](C)(NC(=O)c1ccccc1[N+](=O)[O-])C(N)=O. The average molecular weight is 279 g/mol. The second kappa shape index (κ2) is 5.68. The Kier molecular flexibility index (Phi) is 4.44. The molecule has 0 saturated carbocycles. The van der Waals surface area contributed by atoms with E-state index in [1.54, 1.807) is 13.8 Å². The molecule has 0 saturated heterocycles. The van der Waals surface area contributed by atoms with E-state index in [0.29, 0.717) is 0 Å². The van der Waals surface area contributed by atoms with Gasteiger partial charge in [-0.25, -0.2) is 0 Å². The van der Waals surface area contributed by atoms with Gasteiger partial charge in [0.15, 0.2) is 0 Å². The molecule has 0 aliphatic carbocycles. The van der Waals surface area contributed by atoms with Crippen LogP contribution in [0, 0.1) is 16.0 Å². The maximum Gasteiger partial charge on any atom is 0.282 e. The van der Waals surface area contributed by atoms with Crippen molar-refractivity contribution in [1.82, 2.24) is 5.32 Å². The number of amides is 2. The molecular weight excluding hydrogens is 262 g/mol. The zero-order chi connectivity index (χ0) is 15.5. The van der Waals surface area contributed by atoms with Crippen LogP contribution in [-0.2, 0) is 4.79 Å². The van der Waals surface area contributed by atoms with Gasteiger partial charge in [0, 0.05) is 6.07 Å². The standard InChI is InChI=1S/C13H17N3O4/c1-8(2)13(3,12(14)18)15-11(17)9-6-4-5-7-10(9)16(19)20/h4-8H,1-3H3,(H2,14,18)(H,15,17)/t13-/m0/s1. The van der Waals surface area contributed by atoms with Gasteiger partial charge in [-0.1, -0.05) is 26.0 Å². The quantitative estimate of drug-likeness (QED) is 0.622. The third-order valence-electron chi connectivity index (χ3n) is 3.39. The van der Waals surface area contributed by atoms with Gasteiger partial charge < -0.3 is 11.1 Å². The Hall–Kier alpha value is -2.44. The van der Waals surface area contributed by atoms with E-state index >= 15 is 0 Å². The molecule has 1 aromatic carbocycles. The molecule has 1 rings (SSSR count). The van der Waals surface area contributed by atoms with Crippen molar-refractivity contribution in [3.05, 3.63) is 39.9 Å². The van der Waals surface area contributed by atoms with E-state index < -0.39 is 22.3 Å². The first-order valence-electron chi connectivity index (χ1n) is 6.06. The largest absolute Gasteiger partial charge is 0.368 e. The van der Waals surface area contributed by atoms with E-state index in [2.05, 4.69) is 5.32 Å². The topological polar surface area (TPSA) is 115 Å². The summed E-state index contributed by atoms with van der Waals surface area (Å²) in [6.07, 6.45) is 0. The molecule has 0 spiro atoms. The first-order chi connectivity index (χ1) is 9.20. The van der Waals surface area contributed by atoms with Crippen molar-refractivity contribution in [1.29, 1.82) is 0 Å². The van der Waals surface area contributed by atoms with Gasteiger partial charge in [0.05, 0.1) is 4.92 Å². The number of benzene rings is 1. The highest BCUT2D eigenvalue weighted by Gasteiger charge is 2.37. The zero-order valence-electron chi connectivity index (χ0n) is 11.5. The lowest BCUT2D eigenvalue weighted by Gasteiger charge is -2.31. The van der Waals surface area contributed by atoms with Gasteiger partial charge in [-0.15, -0.1) is 0 Å². The van der Waals surface area contributed by atoms with Crippen LogP contribution in [0.3, 0.4) is 0 Å². The summed E-state index contributed by atoms with van der Waals surface area (Å²) in [6.45, 7) is 4.95. The number of para-hydroxylation sites is 1. The molecule has 7 heteroatoms. The van der Waals surface area contributed by atoms with Crippen LogP contribution in [0.5, 0.6) is 0 Å². The summed E-state index contributed by atoms with van der Waals surface area (Å²) in [5, 5.41) is 13.4. The molecule has 0 heterocycles. The summed E-state index contributed by atoms with van der Waals surface area (Å²) in [6, 6.07) is 5.53. The maximum absolute atomic E-state index is 12.2. The Balaban J connectivity index is 3.14. The van der Waals surface area contributed by atoms with E-state index in [1.165, 1.54) is 31.2 Å². The van der Waals surface area contributed by atoms with Gasteiger partial charge in [-0.3, -0.25) is 19.7 Å². The van der Waals surface area contributed by atoms with Crippen molar-refractivity contribution in [3.63, 3.8) is 0 Å². The van der Waals surface area contributed by atoms with Crippen LogP contribution in [0.1, 0.15) is 31.1 Å². The molecule has 0 fully saturated rings. The molecule has 7 nitrogen and oxygen atoms in total. The molecular formula is C13H17N3O4. The highest BCUT2D eigenvalue weighted by Crippen LogP contribution is 2.21. The van der Waals surface area contributed by atoms with Gasteiger partial charge in [0.1, 0.15) is 11.1 Å². The van der Waals surface area contributed by atoms with Crippen LogP contribution in [0.2, 0.25) is 0 Å². The van der Waals surface area contributed by atoms with Crippen LogP contribution in [0.25, 0.3) is 0 Å². The second-order valence-electron chi connectivity index (χ2n) is 4.95. The highest BCUT2D eigenvalue weighted by molar-refractivity contribution is 6.01. The summed E-state index contributed by atoms with van der Waals surface area (Å²) in [5.74, 6) is -1.65. The lowest BCUT2D eigenvalue weighted by atomic mass is 9.87. The fourth-order valence-corrected chi connectivity index (χ4v) is 1.62. The minimum atomic E-state index is -1.28. The van der Waals surface area contributed by atoms with Crippen LogP contribution >= 0.6 is 0 Å². The van der Waals surface area contributed by atoms with Crippen LogP contribution in [0.4, 0.5) is 5.69 Å². The maximum atomic E-state index is 12.2. The number of nitrogens with zero attached hydrogens (tertiary/aromatic N) is 1. The van der Waals surface area contributed by atoms with Crippen molar-refractivity contribution in [2.24, 2.45) is 11.7 Å². The first kappa shape index (κ1) is 15.6. The number of hydrogen-bond acceptors (Lipinski definition) is 4. The molecule has 1 aromatic rings. The number of rotatable bonds is 5. The molecule has 2 amide bonds. The van der Waals surface area contributed by atoms with E-state index in [-0.39, 0.29) is 17.2 Å². The van der Waals surface area contributed by atoms with Gasteiger partial charge >= 0.3 is 0 Å². The van der Waals surface area contributed by atoms with Gasteiger partial charge in [0.2, 0.25) is 5.91 Å². The lowest BCUT2D eigenvalue weighted by molar-refractivity contribution is -0.385. The molecule has 1 atom stereocenters. The number of carbonyl (C=O) groups is 2. The van der Waals surface area contributed by atoms with Gasteiger partial charge in [-0.05, 0) is 18.9 Å². The molecule has 0 unspecified atom stereocenters. The van der Waals surface area contributed by atoms with Crippen LogP contribution < -0.4 is 11.1 Å². The average Bonchev–Trinajstić information content (AvgIpc) is 2.37. The normalized spacial score (nSPS) is 13.6. The van der Waals surface area contributed by atoms with E-state index in [4.69, 9.17) is 5.73 Å². The lowest BCUT2D eigenvalue weighted by Crippen LogP contribution is -2.58.